The smallest absolute Gasteiger partial charge is 0.341 e. The summed E-state index contributed by atoms with van der Waals surface area (Å²) in [5, 5.41) is 10.1. The Morgan fingerprint density at radius 3 is 2.55 bits per heavy atom. The third-order valence-corrected chi connectivity index (χ3v) is 3.56. The first-order chi connectivity index (χ1) is 9.42. The molecule has 2 aromatic rings. The molecule has 2 rings (SSSR count). The lowest BCUT2D eigenvalue weighted by molar-refractivity contribution is 0.0693. The van der Waals surface area contributed by atoms with Gasteiger partial charge < -0.3 is 14.4 Å². The minimum atomic E-state index is -1.19. The molecule has 106 valence electrons. The first kappa shape index (κ1) is 14.1. The second kappa shape index (κ2) is 5.00. The van der Waals surface area contributed by atoms with Crippen molar-refractivity contribution in [3.8, 4) is 5.75 Å². The molecule has 5 heteroatoms. The minimum Gasteiger partial charge on any atom is -0.497 e. The summed E-state index contributed by atoms with van der Waals surface area (Å²) in [5.74, 6) is -0.537. The van der Waals surface area contributed by atoms with Crippen LogP contribution < -0.4 is 10.3 Å². The summed E-state index contributed by atoms with van der Waals surface area (Å²) in [7, 11) is 3.16. The predicted octanol–water partition coefficient (Wildman–Crippen LogP) is 2.12. The van der Waals surface area contributed by atoms with E-state index in [1.54, 1.807) is 20.2 Å². The van der Waals surface area contributed by atoms with E-state index in [1.807, 2.05) is 19.9 Å². The minimum absolute atomic E-state index is 0.157. The van der Waals surface area contributed by atoms with Crippen molar-refractivity contribution >= 4 is 16.9 Å². The standard InChI is InChI=1S/C15H17NO4/c1-5-10-11-7-9(20-4)6-8(2)13(11)16(3)14(17)12(10)15(18)19/h6-7H,5H2,1-4H3,(H,18,19). The van der Waals surface area contributed by atoms with E-state index < -0.39 is 11.5 Å². The van der Waals surface area contributed by atoms with E-state index in [-0.39, 0.29) is 5.56 Å². The zero-order chi connectivity index (χ0) is 15.0. The molecule has 0 bridgehead atoms. The molecule has 20 heavy (non-hydrogen) atoms. The Hall–Kier alpha value is -2.30. The van der Waals surface area contributed by atoms with E-state index in [2.05, 4.69) is 0 Å². The Balaban J connectivity index is 3.10. The third kappa shape index (κ3) is 1.95. The molecule has 0 amide bonds. The average molecular weight is 275 g/mol. The van der Waals surface area contributed by atoms with E-state index in [9.17, 15) is 14.7 Å². The molecule has 0 saturated carbocycles. The SMILES string of the molecule is CCc1c(C(=O)O)c(=O)n(C)c2c(C)cc(OC)cc12. The van der Waals surface area contributed by atoms with Gasteiger partial charge in [0.1, 0.15) is 11.3 Å². The second-order valence-corrected chi connectivity index (χ2v) is 4.72. The Morgan fingerprint density at radius 2 is 2.05 bits per heavy atom. The molecule has 0 unspecified atom stereocenters. The summed E-state index contributed by atoms with van der Waals surface area (Å²) in [5.41, 5.74) is 1.55. The van der Waals surface area contributed by atoms with Crippen molar-refractivity contribution in [2.24, 2.45) is 7.05 Å². The number of nitrogens with zero attached hydrogens (tertiary/aromatic N) is 1. The largest absolute Gasteiger partial charge is 0.497 e. The van der Waals surface area contributed by atoms with Crippen LogP contribution in [0.5, 0.6) is 5.75 Å². The summed E-state index contributed by atoms with van der Waals surface area (Å²) in [6.45, 7) is 3.72. The van der Waals surface area contributed by atoms with E-state index in [1.165, 1.54) is 4.57 Å². The van der Waals surface area contributed by atoms with Gasteiger partial charge in [-0.1, -0.05) is 6.92 Å². The highest BCUT2D eigenvalue weighted by Gasteiger charge is 2.20. The zero-order valence-electron chi connectivity index (χ0n) is 12.0. The number of fused-ring (bicyclic) bond motifs is 1. The molecule has 0 atom stereocenters. The molecule has 0 aliphatic carbocycles. The fraction of sp³-hybridized carbons (Fsp3) is 0.333. The number of methoxy groups -OCH3 is 1. The van der Waals surface area contributed by atoms with Gasteiger partial charge in [-0.3, -0.25) is 4.79 Å². The van der Waals surface area contributed by atoms with Crippen LogP contribution in [0.3, 0.4) is 0 Å². The molecule has 1 aromatic heterocycles. The molecule has 1 aromatic carbocycles. The third-order valence-electron chi connectivity index (χ3n) is 3.56. The number of hydrogen-bond donors (Lipinski definition) is 1. The quantitative estimate of drug-likeness (QED) is 0.931. The lowest BCUT2D eigenvalue weighted by Crippen LogP contribution is -2.27. The molecule has 1 N–H and O–H groups in total. The number of carbonyl (C=O) groups is 1. The van der Waals surface area contributed by atoms with Gasteiger partial charge in [0.25, 0.3) is 5.56 Å². The maximum Gasteiger partial charge on any atom is 0.341 e. The Kier molecular flexibility index (Phi) is 3.53. The van der Waals surface area contributed by atoms with E-state index in [0.29, 0.717) is 17.7 Å². The van der Waals surface area contributed by atoms with Crippen molar-refractivity contribution in [2.45, 2.75) is 20.3 Å². The average Bonchev–Trinajstić information content (AvgIpc) is 2.41. The van der Waals surface area contributed by atoms with Gasteiger partial charge in [-0.2, -0.15) is 0 Å². The molecular formula is C15H17NO4. The van der Waals surface area contributed by atoms with Crippen molar-refractivity contribution in [3.63, 3.8) is 0 Å². The molecule has 0 saturated heterocycles. The monoisotopic (exact) mass is 275 g/mol. The number of carboxylic acid groups (broad SMARTS) is 1. The van der Waals surface area contributed by atoms with Gasteiger partial charge in [-0.25, -0.2) is 4.79 Å². The predicted molar refractivity (Wildman–Crippen MR) is 76.8 cm³/mol. The fourth-order valence-electron chi connectivity index (χ4n) is 2.66. The van der Waals surface area contributed by atoms with Crippen molar-refractivity contribution < 1.29 is 14.6 Å². The van der Waals surface area contributed by atoms with Gasteiger partial charge in [0, 0.05) is 12.4 Å². The highest BCUT2D eigenvalue weighted by Crippen LogP contribution is 2.28. The fourth-order valence-corrected chi connectivity index (χ4v) is 2.66. The first-order valence-electron chi connectivity index (χ1n) is 6.35. The van der Waals surface area contributed by atoms with E-state index in [4.69, 9.17) is 4.74 Å². The highest BCUT2D eigenvalue weighted by molar-refractivity contribution is 5.97. The van der Waals surface area contributed by atoms with E-state index in [0.717, 1.165) is 16.5 Å². The number of aromatic nitrogens is 1. The summed E-state index contributed by atoms with van der Waals surface area (Å²) >= 11 is 0. The van der Waals surface area contributed by atoms with Gasteiger partial charge in [0.15, 0.2) is 0 Å². The Labute approximate surface area is 116 Å². The topological polar surface area (TPSA) is 68.5 Å². The number of benzene rings is 1. The lowest BCUT2D eigenvalue weighted by atomic mass is 9.98. The van der Waals surface area contributed by atoms with Crippen molar-refractivity contribution in [2.75, 3.05) is 7.11 Å². The van der Waals surface area contributed by atoms with Gasteiger partial charge in [-0.05, 0) is 36.6 Å². The van der Waals surface area contributed by atoms with Crippen LogP contribution in [-0.2, 0) is 13.5 Å². The molecule has 0 aliphatic heterocycles. The number of aromatic carboxylic acids is 1. The Morgan fingerprint density at radius 1 is 1.40 bits per heavy atom. The zero-order valence-corrected chi connectivity index (χ0v) is 12.0. The van der Waals surface area contributed by atoms with Gasteiger partial charge in [0.05, 0.1) is 12.6 Å². The van der Waals surface area contributed by atoms with E-state index >= 15 is 0 Å². The van der Waals surface area contributed by atoms with Crippen LogP contribution >= 0.6 is 0 Å². The number of carboxylic acids is 1. The summed E-state index contributed by atoms with van der Waals surface area (Å²) in [6.07, 6.45) is 0.473. The first-order valence-corrected chi connectivity index (χ1v) is 6.35. The van der Waals surface area contributed by atoms with Crippen LogP contribution in [0.4, 0.5) is 0 Å². The lowest BCUT2D eigenvalue weighted by Gasteiger charge is -2.15. The van der Waals surface area contributed by atoms with Gasteiger partial charge >= 0.3 is 5.97 Å². The maximum atomic E-state index is 12.3. The van der Waals surface area contributed by atoms with Crippen molar-refractivity contribution in [1.29, 1.82) is 0 Å². The van der Waals surface area contributed by atoms with Crippen LogP contribution in [0, 0.1) is 6.92 Å². The van der Waals surface area contributed by atoms with Crippen molar-refractivity contribution in [1.82, 2.24) is 4.57 Å². The van der Waals surface area contributed by atoms with Crippen molar-refractivity contribution in [3.05, 3.63) is 39.2 Å². The number of aryl methyl sites for hydroxylation is 3. The van der Waals surface area contributed by atoms with Crippen LogP contribution in [0.15, 0.2) is 16.9 Å². The highest BCUT2D eigenvalue weighted by atomic mass is 16.5. The molecule has 5 nitrogen and oxygen atoms in total. The summed E-state index contributed by atoms with van der Waals surface area (Å²) in [4.78, 5) is 23.7. The number of pyridine rings is 1. The maximum absolute atomic E-state index is 12.3. The molecule has 0 radical (unpaired) electrons. The van der Waals surface area contributed by atoms with Gasteiger partial charge in [0.2, 0.25) is 0 Å². The van der Waals surface area contributed by atoms with Crippen LogP contribution in [0.25, 0.3) is 10.9 Å². The van der Waals surface area contributed by atoms with Crippen LogP contribution in [-0.4, -0.2) is 22.8 Å². The van der Waals surface area contributed by atoms with Crippen LogP contribution in [0.2, 0.25) is 0 Å². The number of hydrogen-bond acceptors (Lipinski definition) is 3. The molecule has 0 aliphatic rings. The molecule has 1 heterocycles. The summed E-state index contributed by atoms with van der Waals surface area (Å²) < 4.78 is 6.63. The number of rotatable bonds is 3. The Bertz CT molecular complexity index is 759. The summed E-state index contributed by atoms with van der Waals surface area (Å²) in [6, 6.07) is 3.62. The normalized spacial score (nSPS) is 10.8. The molecule has 0 spiro atoms. The van der Waals surface area contributed by atoms with Crippen LogP contribution in [0.1, 0.15) is 28.4 Å². The molecule has 0 fully saturated rings. The molecular weight excluding hydrogens is 258 g/mol. The second-order valence-electron chi connectivity index (χ2n) is 4.72. The number of ether oxygens (including phenoxy) is 1. The van der Waals surface area contributed by atoms with Gasteiger partial charge in [-0.15, -0.1) is 0 Å².